The van der Waals surface area contributed by atoms with Gasteiger partial charge in [0.1, 0.15) is 0 Å². The van der Waals surface area contributed by atoms with Crippen molar-refractivity contribution < 1.29 is 43.5 Å². The molecule has 0 aliphatic carbocycles. The molecule has 0 amide bonds. The number of hydrogen-bond donors (Lipinski definition) is 0. The van der Waals surface area contributed by atoms with Gasteiger partial charge in [0.2, 0.25) is 0 Å². The molecule has 0 saturated heterocycles. The van der Waals surface area contributed by atoms with Gasteiger partial charge in [-0.05, 0) is 0 Å². The Bertz CT molecular complexity index is 36.2. The molecule has 0 N–H and O–H groups in total. The Labute approximate surface area is 58.9 Å². The van der Waals surface area contributed by atoms with Crippen molar-refractivity contribution in [2.75, 3.05) is 0 Å². The monoisotopic (exact) mass is 264 g/mol. The fourth-order valence-electron chi connectivity index (χ4n) is 0. The van der Waals surface area contributed by atoms with Crippen LogP contribution in [0.3, 0.4) is 0 Å². The zero-order chi connectivity index (χ0) is 4.71. The van der Waals surface area contributed by atoms with Gasteiger partial charge in [-0.3, -0.25) is 0 Å². The molecule has 0 heterocycles. The van der Waals surface area contributed by atoms with Crippen molar-refractivity contribution >= 4 is 16.5 Å². The second-order valence-corrected chi connectivity index (χ2v) is 0.607. The predicted molar refractivity (Wildman–Crippen MR) is 10.6 cm³/mol. The Kier molecular flexibility index (Phi) is 35.4. The first-order valence-corrected chi connectivity index (χ1v) is 4.47. The topological polar surface area (TPSA) is 51.2 Å². The van der Waals surface area contributed by atoms with Crippen molar-refractivity contribution in [2.24, 2.45) is 0 Å². The average Bonchev–Trinajstić information content (AvgIpc) is 1.46. The third-order valence-corrected chi connectivity index (χ3v) is 0. The van der Waals surface area contributed by atoms with E-state index in [1.807, 2.05) is 0 Å². The summed E-state index contributed by atoms with van der Waals surface area (Å²) in [7, 11) is 0. The van der Waals surface area contributed by atoms with Gasteiger partial charge in [-0.2, -0.15) is 0 Å². The summed E-state index contributed by atoms with van der Waals surface area (Å²) in [5.41, 5.74) is 0. The summed E-state index contributed by atoms with van der Waals surface area (Å²) < 4.78 is 25.5. The summed E-state index contributed by atoms with van der Waals surface area (Å²) >= 11 is -2.29. The number of rotatable bonds is 0. The molecule has 3 nitrogen and oxygen atoms in total. The standard InChI is InChI=1S/Ce.GeH2O.2O/c;1-2;;/h;1H2;;. The Morgan fingerprint density at radius 2 is 1.20 bits per heavy atom. The first kappa shape index (κ1) is 9.58. The molecule has 0 bridgehead atoms. The van der Waals surface area contributed by atoms with Crippen LogP contribution in [0.4, 0.5) is 0 Å². The molecule has 0 rings (SSSR count). The van der Waals surface area contributed by atoms with Crippen LogP contribution in [0.25, 0.3) is 0 Å². The van der Waals surface area contributed by atoms with Gasteiger partial charge in [0.05, 0.1) is 0 Å². The summed E-state index contributed by atoms with van der Waals surface area (Å²) in [6.45, 7) is 0. The molecule has 0 spiro atoms. The Hall–Kier alpha value is 1.32. The van der Waals surface area contributed by atoms with Gasteiger partial charge < -0.3 is 0 Å². The van der Waals surface area contributed by atoms with E-state index in [1.165, 1.54) is 0 Å². The van der Waals surface area contributed by atoms with Crippen LogP contribution in [0.15, 0.2) is 0 Å². The van der Waals surface area contributed by atoms with Crippen LogP contribution in [0.5, 0.6) is 0 Å². The van der Waals surface area contributed by atoms with Crippen LogP contribution in [-0.4, -0.2) is 16.5 Å². The van der Waals surface area contributed by atoms with Gasteiger partial charge in [0.25, 0.3) is 0 Å². The van der Waals surface area contributed by atoms with Crippen molar-refractivity contribution in [3.8, 4) is 0 Å². The van der Waals surface area contributed by atoms with Crippen LogP contribution in [0.1, 0.15) is 0 Å². The molecule has 0 fully saturated rings. The van der Waals surface area contributed by atoms with Crippen molar-refractivity contribution in [1.29, 1.82) is 0 Å². The second-order valence-electron chi connectivity index (χ2n) is 0.0833. The molecule has 5 heavy (non-hydrogen) atoms. The predicted octanol–water partition coefficient (Wildman–Crippen LogP) is -1.27. The van der Waals surface area contributed by atoms with Gasteiger partial charge in [-0.1, -0.05) is 0 Å². The van der Waals surface area contributed by atoms with E-state index in [0.29, 0.717) is 0 Å². The molecule has 0 aromatic heterocycles. The minimum atomic E-state index is -2.42. The molecule has 0 unspecified atom stereocenters. The van der Waals surface area contributed by atoms with Crippen molar-refractivity contribution in [3.05, 3.63) is 0 Å². The molecule has 0 radical (unpaired) electrons. The molecule has 0 aromatic carbocycles. The molecule has 0 atom stereocenters. The van der Waals surface area contributed by atoms with E-state index in [2.05, 4.69) is 0 Å². The maximum absolute atomic E-state index is 8.57. The molecule has 28 valence electrons. The van der Waals surface area contributed by atoms with Gasteiger partial charge in [-0.25, -0.2) is 0 Å². The number of hydrogen-bond acceptors (Lipinski definition) is 3. The Balaban J connectivity index is 0. The minimum absolute atomic E-state index is 0.125. The average molecular weight is 263 g/mol. The zero-order valence-corrected chi connectivity index (χ0v) is 8.54. The maximum atomic E-state index is 8.57. The summed E-state index contributed by atoms with van der Waals surface area (Å²) in [6, 6.07) is 0. The van der Waals surface area contributed by atoms with E-state index in [4.69, 9.17) is 5.65 Å². The summed E-state index contributed by atoms with van der Waals surface area (Å²) in [4.78, 5) is 0. The molecule has 5 heteroatoms. The third kappa shape index (κ3) is 33.7. The fourth-order valence-corrected chi connectivity index (χ4v) is 0. The van der Waals surface area contributed by atoms with Gasteiger partial charge in [-0.15, -0.1) is 0 Å². The third-order valence-electron chi connectivity index (χ3n) is 0. The van der Waals surface area contributed by atoms with Crippen molar-refractivity contribution in [2.45, 2.75) is 0 Å². The van der Waals surface area contributed by atoms with Crippen molar-refractivity contribution in [1.82, 2.24) is 0 Å². The first-order chi connectivity index (χ1) is 2.41. The van der Waals surface area contributed by atoms with E-state index in [-0.39, 0.29) is 16.5 Å². The zero-order valence-electron chi connectivity index (χ0n) is 2.43. The fraction of sp³-hybridized carbons (Fsp3) is 0. The van der Waals surface area contributed by atoms with Crippen LogP contribution >= 0.6 is 0 Å². The molecular weight excluding hydrogens is 261 g/mol. The summed E-state index contributed by atoms with van der Waals surface area (Å²) in [5, 5.41) is 0. The normalized spacial score (nSPS) is 2.40. The molecule has 0 aliphatic rings. The SMILES string of the molecule is [O]=[Ce]=[O].[O]=[GeH2]. The molecule has 0 aliphatic heterocycles. The van der Waals surface area contributed by atoms with Crippen molar-refractivity contribution in [3.63, 3.8) is 0 Å². The van der Waals surface area contributed by atoms with E-state index in [0.717, 1.165) is 0 Å². The van der Waals surface area contributed by atoms with Gasteiger partial charge >= 0.3 is 59.9 Å². The van der Waals surface area contributed by atoms with E-state index in [1.54, 1.807) is 0 Å². The van der Waals surface area contributed by atoms with E-state index >= 15 is 0 Å². The van der Waals surface area contributed by atoms with Crippen LogP contribution in [-0.2, 0) is 5.65 Å². The molecular formula is H2CeGeO3. The van der Waals surface area contributed by atoms with Crippen LogP contribution in [0, 0.1) is 37.8 Å². The first-order valence-electron chi connectivity index (χ1n) is 0.697. The summed E-state index contributed by atoms with van der Waals surface area (Å²) in [6.07, 6.45) is 0. The summed E-state index contributed by atoms with van der Waals surface area (Å²) in [5.74, 6) is 0. The molecule has 0 aromatic rings. The van der Waals surface area contributed by atoms with Crippen LogP contribution < -0.4 is 0 Å². The van der Waals surface area contributed by atoms with E-state index in [9.17, 15) is 0 Å². The molecule has 0 saturated carbocycles. The van der Waals surface area contributed by atoms with Crippen LogP contribution in [0.2, 0.25) is 0 Å². The quantitative estimate of drug-likeness (QED) is 0.512. The Morgan fingerprint density at radius 3 is 1.20 bits per heavy atom. The van der Waals surface area contributed by atoms with Gasteiger partial charge in [0, 0.05) is 0 Å². The van der Waals surface area contributed by atoms with Gasteiger partial charge in [0.15, 0.2) is 0 Å². The Morgan fingerprint density at radius 1 is 1.20 bits per heavy atom. The van der Waals surface area contributed by atoms with E-state index < -0.39 is 37.8 Å². The second kappa shape index (κ2) is 18.4.